The van der Waals surface area contributed by atoms with Crippen molar-refractivity contribution in [3.8, 4) is 0 Å². The summed E-state index contributed by atoms with van der Waals surface area (Å²) in [4.78, 5) is 18.0. The van der Waals surface area contributed by atoms with Crippen LogP contribution in [0.4, 0.5) is 10.1 Å². The van der Waals surface area contributed by atoms with Crippen LogP contribution < -0.4 is 14.1 Å². The van der Waals surface area contributed by atoms with Gasteiger partial charge in [-0.25, -0.2) is 0 Å². The van der Waals surface area contributed by atoms with Crippen molar-refractivity contribution < 1.29 is 9.18 Å². The maximum absolute atomic E-state index is 13.3. The van der Waals surface area contributed by atoms with Crippen molar-refractivity contribution in [2.24, 2.45) is 5.41 Å². The van der Waals surface area contributed by atoms with Crippen molar-refractivity contribution in [3.63, 3.8) is 0 Å². The van der Waals surface area contributed by atoms with Crippen LogP contribution in [0.25, 0.3) is 16.5 Å². The van der Waals surface area contributed by atoms with Gasteiger partial charge in [-0.05, 0) is 38.5 Å². The number of carbonyl (C=O) groups excluding carboxylic acids is 1. The van der Waals surface area contributed by atoms with Gasteiger partial charge < -0.3 is 5.43 Å². The molecule has 1 aliphatic heterocycles. The second kappa shape index (κ2) is 11.7. The third-order valence-electron chi connectivity index (χ3n) is 8.25. The number of nitrogens with zero attached hydrogens (tertiary/aromatic N) is 2. The summed E-state index contributed by atoms with van der Waals surface area (Å²) in [5.41, 5.74) is 9.18. The number of rotatable bonds is 8. The second-order valence-electron chi connectivity index (χ2n) is 12.4. The number of aromatic nitrogens is 1. The minimum absolute atomic E-state index is 0.0268. The fourth-order valence-corrected chi connectivity index (χ4v) is 9.65. The number of anilines is 1. The van der Waals surface area contributed by atoms with Gasteiger partial charge in [0.25, 0.3) is 0 Å². The van der Waals surface area contributed by atoms with Crippen LogP contribution in [0.15, 0.2) is 107 Å². The van der Waals surface area contributed by atoms with E-state index in [0.29, 0.717) is 0 Å². The number of hydrogen-bond donors (Lipinski definition) is 2. The Labute approximate surface area is 263 Å². The summed E-state index contributed by atoms with van der Waals surface area (Å²) in [6, 6.07) is 23.3. The average molecular weight is 674 g/mol. The van der Waals surface area contributed by atoms with Crippen molar-refractivity contribution in [1.29, 1.82) is 0 Å². The SMILES string of the molecule is C=[C]([In][c]1ccc(F)cc1)C1(C(=O)Nc2ccc(Cc3ccnc4cc(C5=CN(C(C)(C)C)NC=C5)ccc34)cc2)CC1. The summed E-state index contributed by atoms with van der Waals surface area (Å²) < 4.78 is 15.5. The van der Waals surface area contributed by atoms with Crippen LogP contribution in [-0.2, 0) is 11.2 Å². The summed E-state index contributed by atoms with van der Waals surface area (Å²) in [7, 11) is 0. The van der Waals surface area contributed by atoms with Crippen molar-refractivity contribution in [2.75, 3.05) is 5.32 Å². The molecule has 0 spiro atoms. The molecule has 2 aliphatic rings. The molecule has 0 bridgehead atoms. The zero-order valence-electron chi connectivity index (χ0n) is 24.8. The van der Waals surface area contributed by atoms with Gasteiger partial charge in [0.1, 0.15) is 0 Å². The molecule has 1 saturated carbocycles. The first-order chi connectivity index (χ1) is 20.6. The van der Waals surface area contributed by atoms with Gasteiger partial charge in [0, 0.05) is 18.0 Å². The van der Waals surface area contributed by atoms with E-state index in [1.54, 1.807) is 0 Å². The summed E-state index contributed by atoms with van der Waals surface area (Å²) in [6.45, 7) is 10.8. The van der Waals surface area contributed by atoms with Crippen molar-refractivity contribution in [2.45, 2.75) is 45.6 Å². The molecule has 2 N–H and O–H groups in total. The Morgan fingerprint density at radius 1 is 1.07 bits per heavy atom. The van der Waals surface area contributed by atoms with E-state index in [9.17, 15) is 9.18 Å². The number of halogens is 1. The number of fused-ring (bicyclic) bond motifs is 1. The van der Waals surface area contributed by atoms with Crippen LogP contribution >= 0.6 is 0 Å². The van der Waals surface area contributed by atoms with Crippen molar-refractivity contribution in [3.05, 3.63) is 130 Å². The van der Waals surface area contributed by atoms with Gasteiger partial charge in [-0.2, -0.15) is 0 Å². The summed E-state index contributed by atoms with van der Waals surface area (Å²) in [5, 5.41) is 6.38. The van der Waals surface area contributed by atoms with Gasteiger partial charge >= 0.3 is 182 Å². The van der Waals surface area contributed by atoms with E-state index in [2.05, 4.69) is 96.8 Å². The molecule has 1 aromatic heterocycles. The second-order valence-corrected chi connectivity index (χ2v) is 17.1. The van der Waals surface area contributed by atoms with Crippen LogP contribution in [0, 0.1) is 11.2 Å². The predicted molar refractivity (Wildman–Crippen MR) is 174 cm³/mol. The van der Waals surface area contributed by atoms with E-state index >= 15 is 0 Å². The first-order valence-electron chi connectivity index (χ1n) is 14.6. The zero-order chi connectivity index (χ0) is 30.2. The molecule has 5 nitrogen and oxygen atoms in total. The molecule has 1 fully saturated rings. The molecule has 1 amide bonds. The maximum atomic E-state index is 13.3. The first-order valence-corrected chi connectivity index (χ1v) is 17.9. The molecule has 0 atom stereocenters. The van der Waals surface area contributed by atoms with E-state index < -0.39 is 28.3 Å². The standard InChI is InChI=1S/C30H31N4O.C6H4F.In/c1-5-30(14-15-30)28(35)33-25-9-6-21(7-10-25)18-23-12-16-31-27-19-22(8-11-26(23)27)24-13-17-32-34(20-24)29(2,3)4;7-6-4-2-1-3-5-6;/h6-13,16-17,19-20,32H,1,14-15,18H2,2-4H3,(H,33,35);2-5H;. The Kier molecular flexibility index (Phi) is 7.94. The van der Waals surface area contributed by atoms with Crippen LogP contribution in [0.1, 0.15) is 50.3 Å². The number of hydrogen-bond acceptors (Lipinski definition) is 4. The average Bonchev–Trinajstić information content (AvgIpc) is 3.81. The fourth-order valence-electron chi connectivity index (χ4n) is 5.42. The first kappa shape index (κ1) is 29.2. The van der Waals surface area contributed by atoms with Gasteiger partial charge in [-0.15, -0.1) is 0 Å². The van der Waals surface area contributed by atoms with E-state index in [1.165, 1.54) is 17.7 Å². The van der Waals surface area contributed by atoms with E-state index in [1.807, 2.05) is 36.7 Å². The van der Waals surface area contributed by atoms with E-state index in [0.717, 1.165) is 59.2 Å². The van der Waals surface area contributed by atoms with Crippen molar-refractivity contribution >= 4 is 54.3 Å². The molecule has 0 saturated heterocycles. The zero-order valence-corrected chi connectivity index (χ0v) is 28.1. The molecular formula is C36H35FInN4O. The molecule has 3 aromatic carbocycles. The Hall–Kier alpha value is -3.84. The minimum atomic E-state index is -1.42. The van der Waals surface area contributed by atoms with Crippen LogP contribution in [-0.4, -0.2) is 44.3 Å². The third-order valence-corrected chi connectivity index (χ3v) is 12.9. The molecule has 2 heterocycles. The van der Waals surface area contributed by atoms with Crippen molar-refractivity contribution in [1.82, 2.24) is 15.4 Å². The van der Waals surface area contributed by atoms with Gasteiger partial charge in [0.15, 0.2) is 0 Å². The number of hydrazine groups is 1. The summed E-state index contributed by atoms with van der Waals surface area (Å²) >= 11 is -1.42. The van der Waals surface area contributed by atoms with Gasteiger partial charge in [0.05, 0.1) is 5.54 Å². The monoisotopic (exact) mass is 673 g/mol. The van der Waals surface area contributed by atoms with Crippen LogP contribution in [0.2, 0.25) is 0 Å². The molecule has 1 radical (unpaired) electrons. The third kappa shape index (κ3) is 6.42. The number of pyridine rings is 1. The fraction of sp³-hybridized carbons (Fsp3) is 0.222. The normalized spacial score (nSPS) is 15.4. The molecule has 7 heteroatoms. The number of benzene rings is 3. The summed E-state index contributed by atoms with van der Waals surface area (Å²) in [5.74, 6) is -0.208. The number of carbonyl (C=O) groups is 1. The molecule has 0 unspecified atom stereocenters. The van der Waals surface area contributed by atoms with Gasteiger partial charge in [0.2, 0.25) is 0 Å². The topological polar surface area (TPSA) is 57.3 Å². The molecule has 1 aliphatic carbocycles. The Bertz CT molecular complexity index is 1750. The Morgan fingerprint density at radius 2 is 1.81 bits per heavy atom. The van der Waals surface area contributed by atoms with E-state index in [4.69, 9.17) is 0 Å². The molecule has 6 rings (SSSR count). The van der Waals surface area contributed by atoms with Gasteiger partial charge in [-0.1, -0.05) is 6.07 Å². The number of allylic oxidation sites excluding steroid dienone is 2. The Morgan fingerprint density at radius 3 is 2.51 bits per heavy atom. The molecule has 43 heavy (non-hydrogen) atoms. The molecule has 4 aromatic rings. The molecule has 215 valence electrons. The molecular weight excluding hydrogens is 638 g/mol. The predicted octanol–water partition coefficient (Wildman–Crippen LogP) is 6.70. The summed E-state index contributed by atoms with van der Waals surface area (Å²) in [6.07, 6.45) is 10.5. The van der Waals surface area contributed by atoms with Gasteiger partial charge in [-0.3, -0.25) is 9.99 Å². The van der Waals surface area contributed by atoms with E-state index in [-0.39, 0.29) is 17.3 Å². The Balaban J connectivity index is 1.13. The quantitative estimate of drug-likeness (QED) is 0.219. The van der Waals surface area contributed by atoms with Crippen LogP contribution in [0.5, 0.6) is 0 Å². The number of nitrogens with one attached hydrogen (secondary N) is 2. The number of amides is 1. The van der Waals surface area contributed by atoms with Crippen LogP contribution in [0.3, 0.4) is 0 Å².